The number of carbonyl (C=O) groups is 1. The number of halogens is 12. The summed E-state index contributed by atoms with van der Waals surface area (Å²) >= 11 is 0. The van der Waals surface area contributed by atoms with Gasteiger partial charge in [0.25, 0.3) is 5.60 Å². The van der Waals surface area contributed by atoms with Crippen LogP contribution in [-0.2, 0) is 9.53 Å². The van der Waals surface area contributed by atoms with E-state index >= 15 is 0 Å². The largest absolute Gasteiger partial charge is 0.439 e. The average molecular weight is 486 g/mol. The van der Waals surface area contributed by atoms with Gasteiger partial charge in [0.15, 0.2) is 0 Å². The number of alkyl halides is 12. The summed E-state index contributed by atoms with van der Waals surface area (Å²) < 4.78 is 163. The Morgan fingerprint density at radius 2 is 1.10 bits per heavy atom. The van der Waals surface area contributed by atoms with Gasteiger partial charge in [0.2, 0.25) is 0 Å². The minimum atomic E-state index is -6.28. The zero-order valence-electron chi connectivity index (χ0n) is 15.7. The first-order valence-electron chi connectivity index (χ1n) is 8.87. The van der Waals surface area contributed by atoms with Gasteiger partial charge < -0.3 is 9.84 Å². The summed E-state index contributed by atoms with van der Waals surface area (Å²) in [5.41, 5.74) is -10.4. The van der Waals surface area contributed by atoms with E-state index in [0.717, 1.165) is 0 Å². The summed E-state index contributed by atoms with van der Waals surface area (Å²) in [7, 11) is 0. The fourth-order valence-corrected chi connectivity index (χ4v) is 3.80. The zero-order valence-corrected chi connectivity index (χ0v) is 15.7. The Balaban J connectivity index is 3.36. The molecule has 1 rings (SSSR count). The second-order valence-corrected chi connectivity index (χ2v) is 7.27. The molecule has 0 heterocycles. The van der Waals surface area contributed by atoms with Crippen LogP contribution >= 0.6 is 0 Å². The van der Waals surface area contributed by atoms with Gasteiger partial charge in [-0.05, 0) is 32.1 Å². The van der Waals surface area contributed by atoms with E-state index in [1.165, 1.54) is 6.92 Å². The molecule has 1 saturated carbocycles. The van der Waals surface area contributed by atoms with E-state index in [1.807, 2.05) is 0 Å². The van der Waals surface area contributed by atoms with Crippen LogP contribution in [-0.4, -0.2) is 47.0 Å². The maximum absolute atomic E-state index is 13.6. The number of ether oxygens (including phenoxy) is 1. The molecular weight excluding hydrogens is 468 g/mol. The van der Waals surface area contributed by atoms with Crippen molar-refractivity contribution in [2.45, 2.75) is 81.4 Å². The molecule has 0 amide bonds. The van der Waals surface area contributed by atoms with Crippen LogP contribution in [0, 0.1) is 11.8 Å². The van der Waals surface area contributed by atoms with E-state index in [-0.39, 0.29) is 6.42 Å². The highest BCUT2D eigenvalue weighted by atomic mass is 19.4. The minimum absolute atomic E-state index is 0.179. The van der Waals surface area contributed by atoms with E-state index in [2.05, 4.69) is 4.74 Å². The van der Waals surface area contributed by atoms with Crippen LogP contribution in [0.2, 0.25) is 0 Å². The van der Waals surface area contributed by atoms with Gasteiger partial charge in [-0.15, -0.1) is 0 Å². The third-order valence-corrected chi connectivity index (χ3v) is 5.33. The average Bonchev–Trinajstić information content (AvgIpc) is 2.55. The van der Waals surface area contributed by atoms with Crippen LogP contribution in [0.5, 0.6) is 0 Å². The zero-order chi connectivity index (χ0) is 24.7. The van der Waals surface area contributed by atoms with Gasteiger partial charge >= 0.3 is 36.3 Å². The molecule has 3 nitrogen and oxygen atoms in total. The molecular formula is C16H18F12O3. The number of rotatable bonds is 5. The Morgan fingerprint density at radius 3 is 1.39 bits per heavy atom. The van der Waals surface area contributed by atoms with Crippen molar-refractivity contribution in [2.75, 3.05) is 0 Å². The lowest BCUT2D eigenvalue weighted by molar-refractivity contribution is -0.399. The van der Waals surface area contributed by atoms with Crippen molar-refractivity contribution >= 4 is 5.97 Å². The van der Waals surface area contributed by atoms with Crippen LogP contribution in [0.15, 0.2) is 0 Å². The van der Waals surface area contributed by atoms with Crippen LogP contribution in [0.3, 0.4) is 0 Å². The highest BCUT2D eigenvalue weighted by molar-refractivity contribution is 5.70. The Hall–Kier alpha value is -1.41. The molecule has 0 unspecified atom stereocenters. The van der Waals surface area contributed by atoms with Gasteiger partial charge in [-0.3, -0.25) is 4.79 Å². The Kier molecular flexibility index (Phi) is 7.58. The van der Waals surface area contributed by atoms with E-state index < -0.39 is 85.8 Å². The number of esters is 1. The molecule has 1 aliphatic rings. The molecule has 0 spiro atoms. The van der Waals surface area contributed by atoms with E-state index in [9.17, 15) is 62.6 Å². The van der Waals surface area contributed by atoms with E-state index in [0.29, 0.717) is 0 Å². The first-order valence-corrected chi connectivity index (χ1v) is 8.87. The quantitative estimate of drug-likeness (QED) is 0.392. The third-order valence-electron chi connectivity index (χ3n) is 5.33. The molecule has 31 heavy (non-hydrogen) atoms. The monoisotopic (exact) mass is 486 g/mol. The molecule has 1 aliphatic carbocycles. The molecule has 184 valence electrons. The molecule has 1 fully saturated rings. The van der Waals surface area contributed by atoms with Crippen molar-refractivity contribution in [3.05, 3.63) is 0 Å². The fraction of sp³-hybridized carbons (Fsp3) is 0.938. The summed E-state index contributed by atoms with van der Waals surface area (Å²) in [6.45, 7) is 1.25. The molecule has 0 atom stereocenters. The molecule has 0 aliphatic heterocycles. The van der Waals surface area contributed by atoms with Crippen LogP contribution in [0.4, 0.5) is 52.7 Å². The standard InChI is InChI=1S/C16H18F12O3/c1-2-3-10(29)31-12(15(23,24)25,16(26,27)28)9-6-4-8(5-7-9)11(30,13(17,18)19)14(20,21)22/h8-9,30H,2-7H2,1H3. The maximum atomic E-state index is 13.6. The summed E-state index contributed by atoms with van der Waals surface area (Å²) in [6, 6.07) is 0. The van der Waals surface area contributed by atoms with Gasteiger partial charge in [0, 0.05) is 18.3 Å². The lowest BCUT2D eigenvalue weighted by Crippen LogP contribution is -2.66. The molecule has 1 N–H and O–H groups in total. The first-order chi connectivity index (χ1) is 13.7. The molecule has 0 aromatic heterocycles. The highest BCUT2D eigenvalue weighted by Crippen LogP contribution is 2.58. The fourth-order valence-electron chi connectivity index (χ4n) is 3.80. The minimum Gasteiger partial charge on any atom is -0.439 e. The van der Waals surface area contributed by atoms with Crippen molar-refractivity contribution in [1.29, 1.82) is 0 Å². The molecule has 0 radical (unpaired) electrons. The third kappa shape index (κ3) is 4.85. The second-order valence-electron chi connectivity index (χ2n) is 7.27. The summed E-state index contributed by atoms with van der Waals surface area (Å²) in [5.74, 6) is -7.31. The van der Waals surface area contributed by atoms with Crippen LogP contribution in [0.1, 0.15) is 45.4 Å². The van der Waals surface area contributed by atoms with Gasteiger partial charge in [-0.2, -0.15) is 52.7 Å². The Labute approximate surface area is 167 Å². The van der Waals surface area contributed by atoms with Crippen molar-refractivity contribution in [2.24, 2.45) is 11.8 Å². The van der Waals surface area contributed by atoms with Crippen molar-refractivity contribution in [3.63, 3.8) is 0 Å². The van der Waals surface area contributed by atoms with Crippen LogP contribution < -0.4 is 0 Å². The predicted octanol–water partition coefficient (Wildman–Crippen LogP) is 5.86. The smallest absolute Gasteiger partial charge is 0.437 e. The topological polar surface area (TPSA) is 46.5 Å². The number of aliphatic hydroxyl groups is 1. The summed E-state index contributed by atoms with van der Waals surface area (Å²) in [6.07, 6.45) is -31.9. The lowest BCUT2D eigenvalue weighted by Gasteiger charge is -2.47. The van der Waals surface area contributed by atoms with Gasteiger partial charge in [-0.25, -0.2) is 0 Å². The lowest BCUT2D eigenvalue weighted by atomic mass is 9.67. The molecule has 0 bridgehead atoms. The highest BCUT2D eigenvalue weighted by Gasteiger charge is 2.79. The van der Waals surface area contributed by atoms with Gasteiger partial charge in [-0.1, -0.05) is 6.92 Å². The van der Waals surface area contributed by atoms with Crippen molar-refractivity contribution in [1.82, 2.24) is 0 Å². The molecule has 0 aromatic carbocycles. The number of carbonyl (C=O) groups excluding carboxylic acids is 1. The second kappa shape index (κ2) is 8.50. The number of hydrogen-bond acceptors (Lipinski definition) is 3. The Morgan fingerprint density at radius 1 is 0.742 bits per heavy atom. The SMILES string of the molecule is CCCC(=O)OC(C1CCC(C(O)(C(F)(F)F)C(F)(F)F)CC1)(C(F)(F)F)C(F)(F)F. The predicted molar refractivity (Wildman–Crippen MR) is 78.3 cm³/mol. The Bertz CT molecular complexity index is 596. The van der Waals surface area contributed by atoms with Crippen molar-refractivity contribution < 1.29 is 67.3 Å². The normalized spacial score (nSPS) is 22.4. The first kappa shape index (κ1) is 27.6. The summed E-state index contributed by atoms with van der Waals surface area (Å²) in [4.78, 5) is 11.5. The summed E-state index contributed by atoms with van der Waals surface area (Å²) in [5, 5.41) is 9.35. The number of hydrogen-bond donors (Lipinski definition) is 1. The molecule has 0 saturated heterocycles. The van der Waals surface area contributed by atoms with Crippen molar-refractivity contribution in [3.8, 4) is 0 Å². The van der Waals surface area contributed by atoms with Gasteiger partial charge in [0.1, 0.15) is 0 Å². The van der Waals surface area contributed by atoms with Gasteiger partial charge in [0.05, 0.1) is 0 Å². The van der Waals surface area contributed by atoms with Crippen LogP contribution in [0.25, 0.3) is 0 Å². The maximum Gasteiger partial charge on any atom is 0.437 e. The van der Waals surface area contributed by atoms with E-state index in [4.69, 9.17) is 0 Å². The van der Waals surface area contributed by atoms with E-state index in [1.54, 1.807) is 0 Å². The molecule has 0 aromatic rings. The molecule has 15 heteroatoms.